The summed E-state index contributed by atoms with van der Waals surface area (Å²) in [6, 6.07) is 5.34. The van der Waals surface area contributed by atoms with Crippen LogP contribution in [-0.2, 0) is 9.84 Å². The molecule has 0 amide bonds. The maximum absolute atomic E-state index is 11.1. The molecule has 0 unspecified atom stereocenters. The Bertz CT molecular complexity index is 438. The zero-order valence-electron chi connectivity index (χ0n) is 7.85. The fraction of sp³-hybridized carbons (Fsp3) is 0.125. The van der Waals surface area contributed by atoms with E-state index in [-0.39, 0.29) is 40.0 Å². The second-order valence-electron chi connectivity index (χ2n) is 2.56. The largest absolute Gasteiger partial charge is 1.00 e. The first-order valence-electron chi connectivity index (χ1n) is 3.43. The molecular weight excluding hydrogens is 215 g/mol. The van der Waals surface area contributed by atoms with Gasteiger partial charge in [-0.15, -0.1) is 0 Å². The van der Waals surface area contributed by atoms with Gasteiger partial charge in [0.15, 0.2) is 9.84 Å². The first-order valence-corrected chi connectivity index (χ1v) is 5.32. The van der Waals surface area contributed by atoms with Gasteiger partial charge < -0.3 is 9.90 Å². The van der Waals surface area contributed by atoms with Crippen LogP contribution >= 0.6 is 0 Å². The van der Waals surface area contributed by atoms with Crippen LogP contribution in [0.15, 0.2) is 29.2 Å². The molecule has 1 rings (SSSR count). The van der Waals surface area contributed by atoms with Crippen molar-refractivity contribution in [2.75, 3.05) is 6.26 Å². The van der Waals surface area contributed by atoms with Gasteiger partial charge in [-0.05, 0) is 6.07 Å². The van der Waals surface area contributed by atoms with E-state index in [1.54, 1.807) is 0 Å². The second kappa shape index (κ2) is 4.93. The first kappa shape index (κ1) is 13.6. The average Bonchev–Trinajstić information content (AvgIpc) is 2.03. The molecule has 0 atom stereocenters. The number of sulfone groups is 1. The van der Waals surface area contributed by atoms with Crippen LogP contribution in [0.4, 0.5) is 0 Å². The molecule has 0 bridgehead atoms. The summed E-state index contributed by atoms with van der Waals surface area (Å²) in [5, 5.41) is 10.5. The first-order chi connectivity index (χ1) is 5.93. The molecule has 1 aromatic rings. The van der Waals surface area contributed by atoms with Crippen LogP contribution in [0.1, 0.15) is 10.4 Å². The van der Waals surface area contributed by atoms with Crippen molar-refractivity contribution in [2.24, 2.45) is 0 Å². The van der Waals surface area contributed by atoms with Gasteiger partial charge in [0.25, 0.3) is 0 Å². The fourth-order valence-electron chi connectivity index (χ4n) is 0.959. The van der Waals surface area contributed by atoms with E-state index in [0.717, 1.165) is 6.26 Å². The molecule has 0 aromatic heterocycles. The summed E-state index contributed by atoms with van der Waals surface area (Å²) in [6.07, 6.45) is 0.953. The van der Waals surface area contributed by atoms with Crippen LogP contribution in [-0.4, -0.2) is 20.6 Å². The molecule has 0 aliphatic rings. The van der Waals surface area contributed by atoms with Crippen LogP contribution in [0, 0.1) is 0 Å². The molecular formula is C8H7NaO4S. The SMILES string of the molecule is CS(=O)(=O)c1ccccc1C(=O)[O-].[Na+]. The molecule has 0 spiro atoms. The van der Waals surface area contributed by atoms with Crippen molar-refractivity contribution in [3.63, 3.8) is 0 Å². The van der Waals surface area contributed by atoms with Gasteiger partial charge in [0.2, 0.25) is 0 Å². The molecule has 0 fully saturated rings. The predicted molar refractivity (Wildman–Crippen MR) is 43.9 cm³/mol. The van der Waals surface area contributed by atoms with E-state index in [4.69, 9.17) is 0 Å². The van der Waals surface area contributed by atoms with Crippen molar-refractivity contribution >= 4 is 15.8 Å². The van der Waals surface area contributed by atoms with E-state index in [1.807, 2.05) is 0 Å². The number of carbonyl (C=O) groups is 1. The predicted octanol–water partition coefficient (Wildman–Crippen LogP) is -3.54. The van der Waals surface area contributed by atoms with E-state index in [9.17, 15) is 18.3 Å². The molecule has 0 N–H and O–H groups in total. The molecule has 6 heteroatoms. The Labute approximate surface area is 104 Å². The Morgan fingerprint density at radius 3 is 2.14 bits per heavy atom. The quantitative estimate of drug-likeness (QED) is 0.486. The van der Waals surface area contributed by atoms with Crippen LogP contribution in [0.3, 0.4) is 0 Å². The summed E-state index contributed by atoms with van der Waals surface area (Å²) in [6.45, 7) is 0. The summed E-state index contributed by atoms with van der Waals surface area (Å²) in [5.74, 6) is -1.49. The fourth-order valence-corrected chi connectivity index (χ4v) is 1.84. The summed E-state index contributed by atoms with van der Waals surface area (Å²) in [7, 11) is -3.50. The molecule has 0 radical (unpaired) electrons. The van der Waals surface area contributed by atoms with E-state index < -0.39 is 15.8 Å². The van der Waals surface area contributed by atoms with Crippen molar-refractivity contribution in [3.05, 3.63) is 29.8 Å². The van der Waals surface area contributed by atoms with E-state index >= 15 is 0 Å². The third-order valence-electron chi connectivity index (χ3n) is 1.51. The average molecular weight is 222 g/mol. The van der Waals surface area contributed by atoms with Crippen molar-refractivity contribution in [2.45, 2.75) is 4.90 Å². The number of rotatable bonds is 2. The van der Waals surface area contributed by atoms with Gasteiger partial charge in [0.05, 0.1) is 10.9 Å². The molecule has 0 saturated heterocycles. The van der Waals surface area contributed by atoms with Crippen LogP contribution in [0.2, 0.25) is 0 Å². The number of carboxylic acid groups (broad SMARTS) is 1. The molecule has 0 aliphatic carbocycles. The number of carbonyl (C=O) groups excluding carboxylic acids is 1. The molecule has 0 heterocycles. The summed E-state index contributed by atoms with van der Waals surface area (Å²) in [5.41, 5.74) is -0.301. The minimum Gasteiger partial charge on any atom is -0.545 e. The van der Waals surface area contributed by atoms with E-state index in [2.05, 4.69) is 0 Å². The maximum Gasteiger partial charge on any atom is 1.00 e. The normalized spacial score (nSPS) is 10.4. The van der Waals surface area contributed by atoms with Gasteiger partial charge in [0, 0.05) is 11.8 Å². The maximum atomic E-state index is 11.1. The minimum absolute atomic E-state index is 0. The molecule has 0 aliphatic heterocycles. The Balaban J connectivity index is 0.00000169. The number of benzene rings is 1. The minimum atomic E-state index is -3.50. The molecule has 0 saturated carbocycles. The zero-order chi connectivity index (χ0) is 10.1. The van der Waals surface area contributed by atoms with Crippen LogP contribution in [0.25, 0.3) is 0 Å². The Morgan fingerprint density at radius 1 is 1.29 bits per heavy atom. The Kier molecular flexibility index (Phi) is 4.80. The van der Waals surface area contributed by atoms with Gasteiger partial charge in [-0.1, -0.05) is 18.2 Å². The smallest absolute Gasteiger partial charge is 0.545 e. The third-order valence-corrected chi connectivity index (χ3v) is 2.66. The Hall–Kier alpha value is -0.360. The van der Waals surface area contributed by atoms with Crippen LogP contribution < -0.4 is 34.7 Å². The van der Waals surface area contributed by atoms with Gasteiger partial charge in [-0.3, -0.25) is 0 Å². The summed E-state index contributed by atoms with van der Waals surface area (Å²) in [4.78, 5) is 10.3. The topological polar surface area (TPSA) is 74.3 Å². The van der Waals surface area contributed by atoms with Crippen molar-refractivity contribution < 1.29 is 47.9 Å². The van der Waals surface area contributed by atoms with Gasteiger partial charge in [0.1, 0.15) is 0 Å². The van der Waals surface area contributed by atoms with Crippen molar-refractivity contribution in [3.8, 4) is 0 Å². The van der Waals surface area contributed by atoms with Gasteiger partial charge in [-0.2, -0.15) is 0 Å². The van der Waals surface area contributed by atoms with Crippen molar-refractivity contribution in [1.29, 1.82) is 0 Å². The van der Waals surface area contributed by atoms with Crippen LogP contribution in [0.5, 0.6) is 0 Å². The third kappa shape index (κ3) is 3.09. The molecule has 70 valence electrons. The molecule has 14 heavy (non-hydrogen) atoms. The Morgan fingerprint density at radius 2 is 1.79 bits per heavy atom. The number of hydrogen-bond acceptors (Lipinski definition) is 4. The molecule has 4 nitrogen and oxygen atoms in total. The zero-order valence-corrected chi connectivity index (χ0v) is 10.7. The van der Waals surface area contributed by atoms with E-state index in [1.165, 1.54) is 24.3 Å². The van der Waals surface area contributed by atoms with Crippen molar-refractivity contribution in [1.82, 2.24) is 0 Å². The van der Waals surface area contributed by atoms with E-state index in [0.29, 0.717) is 0 Å². The second-order valence-corrected chi connectivity index (χ2v) is 4.54. The summed E-state index contributed by atoms with van der Waals surface area (Å²) >= 11 is 0. The number of hydrogen-bond donors (Lipinski definition) is 0. The monoisotopic (exact) mass is 222 g/mol. The number of carboxylic acids is 1. The number of aromatic carboxylic acids is 1. The van der Waals surface area contributed by atoms with Gasteiger partial charge >= 0.3 is 29.6 Å². The standard InChI is InChI=1S/C8H8O4S.Na/c1-13(11,12)7-5-3-2-4-6(7)8(9)10;/h2-5H,1H3,(H,9,10);/q;+1/p-1. The van der Waals surface area contributed by atoms with Gasteiger partial charge in [-0.25, -0.2) is 8.42 Å². The summed E-state index contributed by atoms with van der Waals surface area (Å²) < 4.78 is 22.1. The molecule has 1 aromatic carbocycles.